The van der Waals surface area contributed by atoms with Crippen molar-refractivity contribution in [2.45, 2.75) is 32.6 Å². The maximum absolute atomic E-state index is 11.9. The number of carbonyl (C=O) groups is 1. The Kier molecular flexibility index (Phi) is 6.18. The van der Waals surface area contributed by atoms with Crippen LogP contribution in [0.4, 0.5) is 0 Å². The lowest BCUT2D eigenvalue weighted by molar-refractivity contribution is -0.143. The minimum absolute atomic E-state index is 0.111. The van der Waals surface area contributed by atoms with Gasteiger partial charge in [0.25, 0.3) is 5.88 Å². The molecule has 2 aromatic rings. The van der Waals surface area contributed by atoms with E-state index in [1.54, 1.807) is 13.0 Å². The van der Waals surface area contributed by atoms with E-state index in [-0.39, 0.29) is 25.1 Å². The Bertz CT molecular complexity index is 789. The molecule has 1 unspecified atom stereocenters. The number of nitrogens with two attached hydrogens (primary N) is 1. The third-order valence-electron chi connectivity index (χ3n) is 4.21. The Morgan fingerprint density at radius 3 is 3.00 bits per heavy atom. The van der Waals surface area contributed by atoms with Crippen molar-refractivity contribution in [3.05, 3.63) is 23.8 Å². The molecular formula is C19H24N2O6. The fraction of sp³-hybridized carbons (Fsp3) is 0.474. The lowest BCUT2D eigenvalue weighted by Crippen LogP contribution is -2.09. The third kappa shape index (κ3) is 4.33. The van der Waals surface area contributed by atoms with Crippen LogP contribution in [0.25, 0.3) is 11.3 Å². The van der Waals surface area contributed by atoms with Gasteiger partial charge in [0, 0.05) is 6.07 Å². The lowest BCUT2D eigenvalue weighted by Gasteiger charge is -2.16. The highest BCUT2D eigenvalue weighted by Crippen LogP contribution is 2.46. The highest BCUT2D eigenvalue weighted by molar-refractivity contribution is 5.77. The third-order valence-corrected chi connectivity index (χ3v) is 4.21. The summed E-state index contributed by atoms with van der Waals surface area (Å²) in [6, 6.07) is 5.44. The van der Waals surface area contributed by atoms with Gasteiger partial charge in [-0.2, -0.15) is 0 Å². The number of esters is 1. The minimum Gasteiger partial charge on any atom is -0.475 e. The molecule has 0 spiro atoms. The molecule has 1 aromatic heterocycles. The van der Waals surface area contributed by atoms with Crippen molar-refractivity contribution >= 4 is 5.97 Å². The summed E-state index contributed by atoms with van der Waals surface area (Å²) in [5.74, 6) is 1.70. The Morgan fingerprint density at radius 2 is 2.22 bits per heavy atom. The summed E-state index contributed by atoms with van der Waals surface area (Å²) in [6.07, 6.45) is 0.968. The van der Waals surface area contributed by atoms with E-state index in [9.17, 15) is 4.79 Å². The number of fused-ring (bicyclic) bond motifs is 1. The molecule has 27 heavy (non-hydrogen) atoms. The first-order valence-electron chi connectivity index (χ1n) is 9.02. The number of aromatic nitrogens is 1. The normalized spacial score (nSPS) is 13.4. The molecule has 3 rings (SSSR count). The topological polar surface area (TPSA) is 106 Å². The summed E-state index contributed by atoms with van der Waals surface area (Å²) < 4.78 is 27.2. The maximum atomic E-state index is 11.9. The van der Waals surface area contributed by atoms with Crippen LogP contribution in [0, 0.1) is 0 Å². The van der Waals surface area contributed by atoms with Crippen molar-refractivity contribution < 1.29 is 28.3 Å². The molecule has 0 fully saturated rings. The number of hydrogen-bond donors (Lipinski definition) is 1. The molecule has 0 bridgehead atoms. The average molecular weight is 376 g/mol. The van der Waals surface area contributed by atoms with Gasteiger partial charge in [0.15, 0.2) is 17.3 Å². The Hall–Kier alpha value is -2.74. The molecule has 146 valence electrons. The Labute approximate surface area is 157 Å². The van der Waals surface area contributed by atoms with Crippen molar-refractivity contribution in [1.82, 2.24) is 5.16 Å². The number of nitrogens with zero attached hydrogens (tertiary/aromatic N) is 1. The zero-order valence-corrected chi connectivity index (χ0v) is 15.5. The number of hydrogen-bond acceptors (Lipinski definition) is 8. The van der Waals surface area contributed by atoms with Crippen LogP contribution in [0.2, 0.25) is 0 Å². The van der Waals surface area contributed by atoms with Crippen LogP contribution >= 0.6 is 0 Å². The second kappa shape index (κ2) is 8.77. The molecule has 1 aliphatic heterocycles. The zero-order valence-electron chi connectivity index (χ0n) is 15.5. The summed E-state index contributed by atoms with van der Waals surface area (Å²) in [6.45, 7) is 5.22. The second-order valence-corrected chi connectivity index (χ2v) is 6.19. The van der Waals surface area contributed by atoms with Crippen molar-refractivity contribution in [3.8, 4) is 28.7 Å². The van der Waals surface area contributed by atoms with Crippen LogP contribution in [0.1, 0.15) is 38.2 Å². The van der Waals surface area contributed by atoms with Gasteiger partial charge in [0.1, 0.15) is 0 Å². The number of carbonyl (C=O) groups excluding carboxylic acids is 1. The van der Waals surface area contributed by atoms with E-state index in [0.717, 1.165) is 12.0 Å². The van der Waals surface area contributed by atoms with Gasteiger partial charge in [-0.3, -0.25) is 4.79 Å². The standard InChI is InChI=1S/C19H24N2O6/c1-3-23-17(22)9-12(2)13-5-6-14-19(26-11-25-14)18(13)15-10-16(21-27-15)24-8-4-7-20/h5-6,10,12H,3-4,7-9,11,20H2,1-2H3. The molecule has 2 heterocycles. The smallest absolute Gasteiger partial charge is 0.306 e. The van der Waals surface area contributed by atoms with E-state index in [4.69, 9.17) is 29.2 Å². The summed E-state index contributed by atoms with van der Waals surface area (Å²) in [7, 11) is 0. The van der Waals surface area contributed by atoms with Crippen LogP contribution in [-0.2, 0) is 9.53 Å². The van der Waals surface area contributed by atoms with Crippen LogP contribution in [0.15, 0.2) is 22.7 Å². The van der Waals surface area contributed by atoms with Gasteiger partial charge in [-0.25, -0.2) is 0 Å². The zero-order chi connectivity index (χ0) is 19.2. The van der Waals surface area contributed by atoms with E-state index in [1.807, 2.05) is 19.1 Å². The van der Waals surface area contributed by atoms with Crippen LogP contribution in [0.5, 0.6) is 17.4 Å². The molecule has 0 saturated heterocycles. The maximum Gasteiger partial charge on any atom is 0.306 e. The van der Waals surface area contributed by atoms with Crippen LogP contribution < -0.4 is 19.9 Å². The van der Waals surface area contributed by atoms with Gasteiger partial charge in [0.2, 0.25) is 6.79 Å². The van der Waals surface area contributed by atoms with Gasteiger partial charge in [0.05, 0.1) is 25.2 Å². The Morgan fingerprint density at radius 1 is 1.37 bits per heavy atom. The fourth-order valence-electron chi connectivity index (χ4n) is 2.94. The van der Waals surface area contributed by atoms with E-state index < -0.39 is 0 Å². The molecule has 1 aliphatic rings. The van der Waals surface area contributed by atoms with E-state index in [0.29, 0.717) is 48.5 Å². The minimum atomic E-state index is -0.253. The summed E-state index contributed by atoms with van der Waals surface area (Å²) in [4.78, 5) is 11.9. The van der Waals surface area contributed by atoms with Crippen molar-refractivity contribution in [2.75, 3.05) is 26.6 Å². The van der Waals surface area contributed by atoms with Crippen molar-refractivity contribution in [1.29, 1.82) is 0 Å². The quantitative estimate of drug-likeness (QED) is 0.526. The van der Waals surface area contributed by atoms with E-state index in [2.05, 4.69) is 5.16 Å². The summed E-state index contributed by atoms with van der Waals surface area (Å²) in [5.41, 5.74) is 7.07. The predicted octanol–water partition coefficient (Wildman–Crippen LogP) is 2.85. The average Bonchev–Trinajstić information content (AvgIpc) is 3.30. The molecule has 0 radical (unpaired) electrons. The molecule has 0 aliphatic carbocycles. The molecule has 1 atom stereocenters. The van der Waals surface area contributed by atoms with Gasteiger partial charge in [-0.1, -0.05) is 13.0 Å². The molecule has 0 saturated carbocycles. The van der Waals surface area contributed by atoms with Crippen LogP contribution in [0.3, 0.4) is 0 Å². The van der Waals surface area contributed by atoms with Crippen molar-refractivity contribution in [3.63, 3.8) is 0 Å². The first-order chi connectivity index (χ1) is 13.1. The molecule has 8 nitrogen and oxygen atoms in total. The second-order valence-electron chi connectivity index (χ2n) is 6.19. The number of benzene rings is 1. The highest BCUT2D eigenvalue weighted by atomic mass is 16.7. The van der Waals surface area contributed by atoms with E-state index in [1.165, 1.54) is 0 Å². The van der Waals surface area contributed by atoms with Crippen LogP contribution in [-0.4, -0.2) is 37.7 Å². The highest BCUT2D eigenvalue weighted by Gasteiger charge is 2.28. The molecular weight excluding hydrogens is 352 g/mol. The van der Waals surface area contributed by atoms with E-state index >= 15 is 0 Å². The van der Waals surface area contributed by atoms with Crippen molar-refractivity contribution in [2.24, 2.45) is 5.73 Å². The molecule has 8 heteroatoms. The summed E-state index contributed by atoms with van der Waals surface area (Å²) in [5, 5.41) is 3.95. The summed E-state index contributed by atoms with van der Waals surface area (Å²) >= 11 is 0. The first kappa shape index (κ1) is 19.0. The fourth-order valence-corrected chi connectivity index (χ4v) is 2.94. The Balaban J connectivity index is 1.91. The first-order valence-corrected chi connectivity index (χ1v) is 9.02. The predicted molar refractivity (Wildman–Crippen MR) is 96.9 cm³/mol. The van der Waals surface area contributed by atoms with Gasteiger partial charge >= 0.3 is 5.97 Å². The lowest BCUT2D eigenvalue weighted by atomic mass is 9.91. The largest absolute Gasteiger partial charge is 0.475 e. The number of ether oxygens (including phenoxy) is 4. The van der Waals surface area contributed by atoms with Gasteiger partial charge in [-0.05, 0) is 42.6 Å². The molecule has 2 N–H and O–H groups in total. The van der Waals surface area contributed by atoms with Gasteiger partial charge < -0.3 is 29.2 Å². The van der Waals surface area contributed by atoms with Gasteiger partial charge in [-0.15, -0.1) is 0 Å². The molecule has 1 aromatic carbocycles. The number of rotatable bonds is 9. The monoisotopic (exact) mass is 376 g/mol. The molecule has 0 amide bonds. The SMILES string of the molecule is CCOC(=O)CC(C)c1ccc2c(c1-c1cc(OCCCN)no1)OCO2.